The van der Waals surface area contributed by atoms with E-state index in [4.69, 9.17) is 27.9 Å². The van der Waals surface area contributed by atoms with Gasteiger partial charge in [-0.15, -0.1) is 0 Å². The van der Waals surface area contributed by atoms with Crippen molar-refractivity contribution in [3.05, 3.63) is 28.0 Å². The first-order valence-electron chi connectivity index (χ1n) is 6.25. The topological polar surface area (TPSA) is 59.5 Å². The van der Waals surface area contributed by atoms with Gasteiger partial charge in [-0.05, 0) is 31.4 Å². The first-order chi connectivity index (χ1) is 9.52. The van der Waals surface area contributed by atoms with Gasteiger partial charge in [-0.2, -0.15) is 0 Å². The number of hydrogen-bond acceptors (Lipinski definition) is 4. The number of amides is 1. The van der Waals surface area contributed by atoms with Gasteiger partial charge < -0.3 is 9.64 Å². The van der Waals surface area contributed by atoms with Gasteiger partial charge in [0.05, 0.1) is 7.11 Å². The van der Waals surface area contributed by atoms with Gasteiger partial charge in [-0.25, -0.2) is 9.78 Å². The summed E-state index contributed by atoms with van der Waals surface area (Å²) in [5, 5.41) is 0.292. The molecule has 1 aliphatic heterocycles. The van der Waals surface area contributed by atoms with Crippen molar-refractivity contribution in [2.45, 2.75) is 25.3 Å². The molecule has 1 aliphatic rings. The number of nitrogens with zero attached hydrogens (tertiary/aromatic N) is 2. The number of likely N-dealkylation sites (tertiary alicyclic amines) is 1. The van der Waals surface area contributed by atoms with Crippen LogP contribution in [0.15, 0.2) is 12.1 Å². The van der Waals surface area contributed by atoms with E-state index in [0.29, 0.717) is 18.5 Å². The smallest absolute Gasteiger partial charge is 0.328 e. The molecule has 1 fully saturated rings. The van der Waals surface area contributed by atoms with Gasteiger partial charge in [-0.1, -0.05) is 23.2 Å². The van der Waals surface area contributed by atoms with E-state index in [2.05, 4.69) is 4.98 Å². The Bertz CT molecular complexity index is 516. The predicted octanol–water partition coefficient (Wildman–Crippen LogP) is 2.56. The molecule has 1 unspecified atom stereocenters. The predicted molar refractivity (Wildman–Crippen MR) is 74.9 cm³/mol. The summed E-state index contributed by atoms with van der Waals surface area (Å²) < 4.78 is 4.76. The average molecular weight is 317 g/mol. The molecule has 108 valence electrons. The maximum absolute atomic E-state index is 12.5. The SMILES string of the molecule is COC(=O)C1CCCCN1C(=O)c1cc(Cl)nc(Cl)c1. The van der Waals surface area contributed by atoms with Crippen molar-refractivity contribution in [1.29, 1.82) is 0 Å². The molecule has 0 spiro atoms. The van der Waals surface area contributed by atoms with Crippen LogP contribution in [0.4, 0.5) is 0 Å². The Morgan fingerprint density at radius 3 is 2.55 bits per heavy atom. The fourth-order valence-corrected chi connectivity index (χ4v) is 2.77. The maximum atomic E-state index is 12.5. The molecule has 0 aliphatic carbocycles. The van der Waals surface area contributed by atoms with Crippen LogP contribution in [-0.4, -0.2) is 41.5 Å². The van der Waals surface area contributed by atoms with E-state index in [0.717, 1.165) is 12.8 Å². The molecule has 0 N–H and O–H groups in total. The highest BCUT2D eigenvalue weighted by molar-refractivity contribution is 6.33. The van der Waals surface area contributed by atoms with E-state index in [1.54, 1.807) is 0 Å². The quantitative estimate of drug-likeness (QED) is 0.621. The van der Waals surface area contributed by atoms with Crippen molar-refractivity contribution in [3.63, 3.8) is 0 Å². The fraction of sp³-hybridized carbons (Fsp3) is 0.462. The van der Waals surface area contributed by atoms with E-state index in [1.165, 1.54) is 24.1 Å². The number of pyridine rings is 1. The summed E-state index contributed by atoms with van der Waals surface area (Å²) in [6.45, 7) is 0.510. The third kappa shape index (κ3) is 3.22. The van der Waals surface area contributed by atoms with Crippen LogP contribution >= 0.6 is 23.2 Å². The van der Waals surface area contributed by atoms with Gasteiger partial charge in [0.2, 0.25) is 0 Å². The summed E-state index contributed by atoms with van der Waals surface area (Å²) in [6, 6.07) is 2.34. The highest BCUT2D eigenvalue weighted by atomic mass is 35.5. The average Bonchev–Trinajstić information content (AvgIpc) is 2.44. The van der Waals surface area contributed by atoms with E-state index < -0.39 is 12.0 Å². The zero-order chi connectivity index (χ0) is 14.7. The number of rotatable bonds is 2. The molecule has 1 saturated heterocycles. The lowest BCUT2D eigenvalue weighted by atomic mass is 10.0. The first-order valence-corrected chi connectivity index (χ1v) is 7.00. The normalized spacial score (nSPS) is 18.8. The lowest BCUT2D eigenvalue weighted by Crippen LogP contribution is -2.48. The van der Waals surface area contributed by atoms with Gasteiger partial charge in [0, 0.05) is 12.1 Å². The number of esters is 1. The molecule has 0 bridgehead atoms. The first kappa shape index (κ1) is 15.1. The third-order valence-electron chi connectivity index (χ3n) is 3.25. The Balaban J connectivity index is 2.27. The minimum Gasteiger partial charge on any atom is -0.467 e. The van der Waals surface area contributed by atoms with Gasteiger partial charge in [0.25, 0.3) is 5.91 Å². The van der Waals surface area contributed by atoms with E-state index in [9.17, 15) is 9.59 Å². The number of hydrogen-bond donors (Lipinski definition) is 0. The minimum atomic E-state index is -0.549. The highest BCUT2D eigenvalue weighted by Gasteiger charge is 2.33. The molecule has 0 aromatic carbocycles. The molecular formula is C13H14Cl2N2O3. The molecule has 5 nitrogen and oxygen atoms in total. The van der Waals surface area contributed by atoms with Crippen LogP contribution in [0.3, 0.4) is 0 Å². The summed E-state index contributed by atoms with van der Waals surface area (Å²) in [5.74, 6) is -0.685. The number of piperidine rings is 1. The van der Waals surface area contributed by atoms with E-state index in [1.807, 2.05) is 0 Å². The molecule has 20 heavy (non-hydrogen) atoms. The summed E-state index contributed by atoms with van der Waals surface area (Å²) in [5.41, 5.74) is 0.325. The van der Waals surface area contributed by atoms with Crippen LogP contribution in [-0.2, 0) is 9.53 Å². The second-order valence-electron chi connectivity index (χ2n) is 4.53. The molecule has 1 aromatic heterocycles. The number of ether oxygens (including phenoxy) is 1. The van der Waals surface area contributed by atoms with Crippen molar-refractivity contribution in [2.75, 3.05) is 13.7 Å². The Morgan fingerprint density at radius 2 is 1.95 bits per heavy atom. The second kappa shape index (κ2) is 6.41. The van der Waals surface area contributed by atoms with E-state index >= 15 is 0 Å². The molecule has 0 radical (unpaired) electrons. The van der Waals surface area contributed by atoms with Crippen molar-refractivity contribution < 1.29 is 14.3 Å². The Hall–Kier alpha value is -1.33. The molecule has 1 aromatic rings. The van der Waals surface area contributed by atoms with Crippen molar-refractivity contribution in [1.82, 2.24) is 9.88 Å². The van der Waals surface area contributed by atoms with Crippen LogP contribution in [0.5, 0.6) is 0 Å². The van der Waals surface area contributed by atoms with Gasteiger partial charge in [-0.3, -0.25) is 4.79 Å². The summed E-state index contributed by atoms with van der Waals surface area (Å²) >= 11 is 11.6. The van der Waals surface area contributed by atoms with E-state index in [-0.39, 0.29) is 16.2 Å². The molecule has 0 saturated carbocycles. The number of carbonyl (C=O) groups is 2. The van der Waals surface area contributed by atoms with Gasteiger partial charge >= 0.3 is 5.97 Å². The lowest BCUT2D eigenvalue weighted by Gasteiger charge is -2.33. The summed E-state index contributed by atoms with van der Waals surface area (Å²) in [4.78, 5) is 29.6. The molecule has 1 atom stereocenters. The van der Waals surface area contributed by atoms with Crippen molar-refractivity contribution in [2.24, 2.45) is 0 Å². The molecular weight excluding hydrogens is 303 g/mol. The van der Waals surface area contributed by atoms with Crippen molar-refractivity contribution in [3.8, 4) is 0 Å². The number of carbonyl (C=O) groups excluding carboxylic acids is 2. The highest BCUT2D eigenvalue weighted by Crippen LogP contribution is 2.23. The number of methoxy groups -OCH3 is 1. The zero-order valence-corrected chi connectivity index (χ0v) is 12.4. The number of aromatic nitrogens is 1. The minimum absolute atomic E-state index is 0.146. The summed E-state index contributed by atoms with van der Waals surface area (Å²) in [6.07, 6.45) is 2.35. The summed E-state index contributed by atoms with van der Waals surface area (Å²) in [7, 11) is 1.32. The molecule has 1 amide bonds. The Morgan fingerprint density at radius 1 is 1.30 bits per heavy atom. The number of halogens is 2. The molecule has 2 rings (SSSR count). The lowest BCUT2D eigenvalue weighted by molar-refractivity contribution is -0.147. The molecule has 2 heterocycles. The van der Waals surface area contributed by atoms with Gasteiger partial charge in [0.15, 0.2) is 0 Å². The standard InChI is InChI=1S/C13H14Cl2N2O3/c1-20-13(19)9-4-2-3-5-17(9)12(18)8-6-10(14)16-11(15)7-8/h6-7,9H,2-5H2,1H3. The van der Waals surface area contributed by atoms with Crippen LogP contribution in [0.25, 0.3) is 0 Å². The van der Waals surface area contributed by atoms with Crippen LogP contribution in [0, 0.1) is 0 Å². The third-order valence-corrected chi connectivity index (χ3v) is 3.63. The van der Waals surface area contributed by atoms with Crippen LogP contribution in [0.1, 0.15) is 29.6 Å². The van der Waals surface area contributed by atoms with Crippen LogP contribution < -0.4 is 0 Å². The van der Waals surface area contributed by atoms with Crippen molar-refractivity contribution >= 4 is 35.1 Å². The largest absolute Gasteiger partial charge is 0.467 e. The Labute approximate surface area is 126 Å². The maximum Gasteiger partial charge on any atom is 0.328 e. The van der Waals surface area contributed by atoms with Gasteiger partial charge in [0.1, 0.15) is 16.3 Å². The second-order valence-corrected chi connectivity index (χ2v) is 5.31. The fourth-order valence-electron chi connectivity index (χ4n) is 2.31. The monoisotopic (exact) mass is 316 g/mol. The molecule has 7 heteroatoms. The Kier molecular flexibility index (Phi) is 4.83. The van der Waals surface area contributed by atoms with Crippen LogP contribution in [0.2, 0.25) is 10.3 Å². The zero-order valence-electron chi connectivity index (χ0n) is 10.9.